The van der Waals surface area contributed by atoms with Crippen LogP contribution in [-0.4, -0.2) is 25.7 Å². The Morgan fingerprint density at radius 1 is 0.793 bits per heavy atom. The number of anilines is 3. The lowest BCUT2D eigenvalue weighted by atomic mass is 10.1. The first-order valence-corrected chi connectivity index (χ1v) is 11.1. The first-order valence-electron chi connectivity index (χ1n) is 9.41. The maximum atomic E-state index is 12.0. The second-order valence-corrected chi connectivity index (χ2v) is 8.63. The van der Waals surface area contributed by atoms with Crippen LogP contribution in [-0.2, 0) is 10.0 Å². The van der Waals surface area contributed by atoms with Crippen molar-refractivity contribution in [3.05, 3.63) is 72.8 Å². The van der Waals surface area contributed by atoms with E-state index in [1.807, 2.05) is 60.7 Å². The van der Waals surface area contributed by atoms with Gasteiger partial charge in [-0.1, -0.05) is 36.4 Å². The summed E-state index contributed by atoms with van der Waals surface area (Å²) in [6.45, 7) is 0.345. The third kappa shape index (κ3) is 4.31. The van der Waals surface area contributed by atoms with Gasteiger partial charge in [0.1, 0.15) is 0 Å². The molecule has 6 nitrogen and oxygen atoms in total. The highest BCUT2D eigenvalue weighted by atomic mass is 32.2. The number of nitrogens with zero attached hydrogens (tertiary/aromatic N) is 1. The SMILES string of the molecule is NCCCS(=O)(=O)Nc1ccc(Nc2c3ccccc3nc3ccccc23)cc1. The molecule has 4 aromatic rings. The van der Waals surface area contributed by atoms with Crippen LogP contribution >= 0.6 is 0 Å². The molecule has 0 aliphatic carbocycles. The molecule has 7 heteroatoms. The molecule has 0 amide bonds. The topological polar surface area (TPSA) is 97.1 Å². The van der Waals surface area contributed by atoms with E-state index in [1.54, 1.807) is 12.1 Å². The highest BCUT2D eigenvalue weighted by Gasteiger charge is 2.11. The molecule has 4 N–H and O–H groups in total. The minimum Gasteiger partial charge on any atom is -0.354 e. The molecule has 0 aliphatic heterocycles. The number of pyridine rings is 1. The van der Waals surface area contributed by atoms with E-state index in [2.05, 4.69) is 10.0 Å². The van der Waals surface area contributed by atoms with E-state index in [4.69, 9.17) is 10.7 Å². The van der Waals surface area contributed by atoms with Crippen molar-refractivity contribution >= 4 is 48.9 Å². The Hall–Kier alpha value is -3.16. The van der Waals surface area contributed by atoms with Gasteiger partial charge in [-0.2, -0.15) is 0 Å². The Balaban J connectivity index is 1.65. The van der Waals surface area contributed by atoms with Crippen molar-refractivity contribution in [2.45, 2.75) is 6.42 Å². The van der Waals surface area contributed by atoms with Crippen LogP contribution in [0.3, 0.4) is 0 Å². The van der Waals surface area contributed by atoms with Crippen LogP contribution in [0, 0.1) is 0 Å². The molecule has 3 aromatic carbocycles. The van der Waals surface area contributed by atoms with Gasteiger partial charge in [0.05, 0.1) is 22.5 Å². The molecular formula is C22H22N4O2S. The van der Waals surface area contributed by atoms with Crippen LogP contribution in [0.25, 0.3) is 21.8 Å². The van der Waals surface area contributed by atoms with Crippen molar-refractivity contribution in [1.82, 2.24) is 4.98 Å². The number of nitrogens with one attached hydrogen (secondary N) is 2. The van der Waals surface area contributed by atoms with Crippen molar-refractivity contribution in [2.75, 3.05) is 22.3 Å². The summed E-state index contributed by atoms with van der Waals surface area (Å²) >= 11 is 0. The van der Waals surface area contributed by atoms with Gasteiger partial charge >= 0.3 is 0 Å². The molecule has 0 atom stereocenters. The second-order valence-electron chi connectivity index (χ2n) is 6.79. The summed E-state index contributed by atoms with van der Waals surface area (Å²) in [5.41, 5.74) is 9.58. The number of hydrogen-bond acceptors (Lipinski definition) is 5. The summed E-state index contributed by atoms with van der Waals surface area (Å²) in [7, 11) is -3.38. The third-order valence-electron chi connectivity index (χ3n) is 4.63. The van der Waals surface area contributed by atoms with Gasteiger partial charge < -0.3 is 11.1 Å². The highest BCUT2D eigenvalue weighted by molar-refractivity contribution is 7.92. The lowest BCUT2D eigenvalue weighted by Crippen LogP contribution is -2.18. The van der Waals surface area contributed by atoms with Crippen molar-refractivity contribution in [3.63, 3.8) is 0 Å². The Morgan fingerprint density at radius 2 is 1.34 bits per heavy atom. The van der Waals surface area contributed by atoms with Gasteiger partial charge in [-0.25, -0.2) is 13.4 Å². The van der Waals surface area contributed by atoms with Crippen LogP contribution in [0.2, 0.25) is 0 Å². The minimum absolute atomic E-state index is 0.0124. The number of nitrogens with two attached hydrogens (primary N) is 1. The summed E-state index contributed by atoms with van der Waals surface area (Å²) in [4.78, 5) is 4.73. The van der Waals surface area contributed by atoms with Crippen LogP contribution in [0.1, 0.15) is 6.42 Å². The normalized spacial score (nSPS) is 11.6. The summed E-state index contributed by atoms with van der Waals surface area (Å²) in [6.07, 6.45) is 0.428. The molecule has 0 radical (unpaired) electrons. The minimum atomic E-state index is -3.38. The number of benzene rings is 3. The summed E-state index contributed by atoms with van der Waals surface area (Å²) in [6, 6.07) is 23.2. The quantitative estimate of drug-likeness (QED) is 0.399. The molecule has 148 valence electrons. The number of fused-ring (bicyclic) bond motifs is 2. The van der Waals surface area contributed by atoms with Gasteiger partial charge in [0.15, 0.2) is 0 Å². The zero-order valence-electron chi connectivity index (χ0n) is 15.8. The van der Waals surface area contributed by atoms with Crippen LogP contribution in [0.4, 0.5) is 17.1 Å². The number of hydrogen-bond donors (Lipinski definition) is 3. The highest BCUT2D eigenvalue weighted by Crippen LogP contribution is 2.33. The molecule has 29 heavy (non-hydrogen) atoms. The number of rotatable bonds is 7. The van der Waals surface area contributed by atoms with E-state index in [0.29, 0.717) is 18.7 Å². The average Bonchev–Trinajstić information content (AvgIpc) is 2.73. The first-order chi connectivity index (χ1) is 14.1. The monoisotopic (exact) mass is 406 g/mol. The molecule has 0 fully saturated rings. The lowest BCUT2D eigenvalue weighted by molar-refractivity contribution is 0.599. The smallest absolute Gasteiger partial charge is 0.232 e. The van der Waals surface area contributed by atoms with Gasteiger partial charge in [0, 0.05) is 22.1 Å². The van der Waals surface area contributed by atoms with E-state index in [0.717, 1.165) is 33.2 Å². The largest absolute Gasteiger partial charge is 0.354 e. The number of para-hydroxylation sites is 2. The predicted molar refractivity (Wildman–Crippen MR) is 120 cm³/mol. The lowest BCUT2D eigenvalue weighted by Gasteiger charge is -2.14. The van der Waals surface area contributed by atoms with Gasteiger partial charge in [-0.15, -0.1) is 0 Å². The number of sulfonamides is 1. The third-order valence-corrected chi connectivity index (χ3v) is 6.01. The van der Waals surface area contributed by atoms with Crippen LogP contribution < -0.4 is 15.8 Å². The first kappa shape index (κ1) is 19.2. The van der Waals surface area contributed by atoms with Gasteiger partial charge in [0.2, 0.25) is 10.0 Å². The van der Waals surface area contributed by atoms with Crippen molar-refractivity contribution in [2.24, 2.45) is 5.73 Å². The van der Waals surface area contributed by atoms with Crippen LogP contribution in [0.5, 0.6) is 0 Å². The number of aromatic nitrogens is 1. The van der Waals surface area contributed by atoms with Crippen molar-refractivity contribution in [3.8, 4) is 0 Å². The Morgan fingerprint density at radius 3 is 1.93 bits per heavy atom. The molecule has 0 aliphatic rings. The van der Waals surface area contributed by atoms with E-state index in [1.165, 1.54) is 0 Å². The molecule has 0 unspecified atom stereocenters. The van der Waals surface area contributed by atoms with E-state index in [9.17, 15) is 8.42 Å². The van der Waals surface area contributed by atoms with Gasteiger partial charge in [-0.3, -0.25) is 4.72 Å². The van der Waals surface area contributed by atoms with Gasteiger partial charge in [0.25, 0.3) is 0 Å². The van der Waals surface area contributed by atoms with E-state index in [-0.39, 0.29) is 5.75 Å². The molecule has 0 saturated carbocycles. The molecule has 0 saturated heterocycles. The Bertz CT molecular complexity index is 1200. The standard InChI is InChI=1S/C22H22N4O2S/c23-14-5-15-29(27,28)26-17-12-10-16(11-13-17)24-22-18-6-1-3-8-20(18)25-21-9-4-2-7-19(21)22/h1-4,6-13,26H,5,14-15,23H2,(H,24,25). The fourth-order valence-electron chi connectivity index (χ4n) is 3.24. The molecule has 1 heterocycles. The van der Waals surface area contributed by atoms with Crippen molar-refractivity contribution in [1.29, 1.82) is 0 Å². The van der Waals surface area contributed by atoms with Gasteiger partial charge in [-0.05, 0) is 49.4 Å². The summed E-state index contributed by atoms with van der Waals surface area (Å²) in [5, 5.41) is 5.53. The Labute approximate surface area is 169 Å². The van der Waals surface area contributed by atoms with E-state index >= 15 is 0 Å². The molecule has 0 spiro atoms. The predicted octanol–water partition coefficient (Wildman–Crippen LogP) is 4.22. The van der Waals surface area contributed by atoms with Crippen LogP contribution in [0.15, 0.2) is 72.8 Å². The van der Waals surface area contributed by atoms with E-state index < -0.39 is 10.0 Å². The molecule has 0 bridgehead atoms. The zero-order chi connectivity index (χ0) is 20.3. The fraction of sp³-hybridized carbons (Fsp3) is 0.136. The summed E-state index contributed by atoms with van der Waals surface area (Å²) in [5.74, 6) is 0.0124. The molecule has 4 rings (SSSR count). The summed E-state index contributed by atoms with van der Waals surface area (Å²) < 4.78 is 26.7. The second kappa shape index (κ2) is 8.06. The molecule has 1 aromatic heterocycles. The maximum Gasteiger partial charge on any atom is 0.232 e. The maximum absolute atomic E-state index is 12.0. The fourth-order valence-corrected chi connectivity index (χ4v) is 4.39. The zero-order valence-corrected chi connectivity index (χ0v) is 16.6. The average molecular weight is 407 g/mol. The van der Waals surface area contributed by atoms with Crippen molar-refractivity contribution < 1.29 is 8.42 Å². The Kier molecular flexibility index (Phi) is 5.33. The molecular weight excluding hydrogens is 384 g/mol.